The zero-order valence-corrected chi connectivity index (χ0v) is 11.4. The summed E-state index contributed by atoms with van der Waals surface area (Å²) in [6, 6.07) is 10.1. The highest BCUT2D eigenvalue weighted by Gasteiger charge is 2.48. The van der Waals surface area contributed by atoms with Gasteiger partial charge >= 0.3 is 6.18 Å². The molecular weight excluding hydrogens is 285 g/mol. The Morgan fingerprint density at radius 1 is 1.19 bits per heavy atom. The number of hydrogen-bond donors (Lipinski definition) is 1. The molecule has 7 heteroatoms. The lowest BCUT2D eigenvalue weighted by Crippen LogP contribution is -2.54. The molecule has 0 aliphatic carbocycles. The number of alkyl halides is 3. The molecule has 0 saturated carbocycles. The van der Waals surface area contributed by atoms with Crippen LogP contribution in [-0.2, 0) is 0 Å². The molecule has 0 spiro atoms. The molecule has 0 aliphatic heterocycles. The van der Waals surface area contributed by atoms with E-state index in [4.69, 9.17) is 4.52 Å². The number of nitrogens with zero attached hydrogens (tertiary/aromatic N) is 1. The van der Waals surface area contributed by atoms with Crippen LogP contribution in [0.4, 0.5) is 13.2 Å². The number of halogens is 3. The van der Waals surface area contributed by atoms with Crippen molar-refractivity contribution in [3.8, 4) is 11.3 Å². The van der Waals surface area contributed by atoms with Crippen LogP contribution >= 0.6 is 0 Å². The summed E-state index contributed by atoms with van der Waals surface area (Å²) in [5, 5.41) is 5.40. The van der Waals surface area contributed by atoms with E-state index in [0.29, 0.717) is 11.3 Å². The third kappa shape index (κ3) is 3.24. The second kappa shape index (κ2) is 5.23. The van der Waals surface area contributed by atoms with Crippen LogP contribution in [0.2, 0.25) is 0 Å². The van der Waals surface area contributed by atoms with Crippen molar-refractivity contribution in [2.45, 2.75) is 25.6 Å². The number of benzene rings is 1. The van der Waals surface area contributed by atoms with E-state index in [2.05, 4.69) is 5.16 Å². The predicted molar refractivity (Wildman–Crippen MR) is 69.5 cm³/mol. The van der Waals surface area contributed by atoms with Crippen LogP contribution in [-0.4, -0.2) is 22.8 Å². The van der Waals surface area contributed by atoms with E-state index in [9.17, 15) is 18.0 Å². The van der Waals surface area contributed by atoms with Gasteiger partial charge in [-0.25, -0.2) is 0 Å². The number of nitrogens with one attached hydrogen (secondary N) is 1. The Morgan fingerprint density at radius 2 is 1.81 bits per heavy atom. The highest BCUT2D eigenvalue weighted by molar-refractivity contribution is 5.93. The number of carbonyl (C=O) groups is 1. The van der Waals surface area contributed by atoms with Gasteiger partial charge in [0.05, 0.1) is 0 Å². The molecule has 0 aliphatic rings. The van der Waals surface area contributed by atoms with Crippen molar-refractivity contribution in [1.82, 2.24) is 10.5 Å². The van der Waals surface area contributed by atoms with Crippen LogP contribution in [0.1, 0.15) is 24.3 Å². The third-order valence-electron chi connectivity index (χ3n) is 2.94. The molecule has 1 amide bonds. The Labute approximate surface area is 118 Å². The van der Waals surface area contributed by atoms with Gasteiger partial charge < -0.3 is 9.84 Å². The minimum atomic E-state index is -4.56. The molecule has 1 heterocycles. The van der Waals surface area contributed by atoms with Gasteiger partial charge in [-0.2, -0.15) is 13.2 Å². The first-order chi connectivity index (χ1) is 9.71. The third-order valence-corrected chi connectivity index (χ3v) is 2.94. The van der Waals surface area contributed by atoms with E-state index in [-0.39, 0.29) is 5.69 Å². The number of amides is 1. The van der Waals surface area contributed by atoms with E-state index in [1.54, 1.807) is 30.3 Å². The second-order valence-corrected chi connectivity index (χ2v) is 5.02. The fraction of sp³-hybridized carbons (Fsp3) is 0.286. The van der Waals surface area contributed by atoms with Crippen molar-refractivity contribution in [1.29, 1.82) is 0 Å². The van der Waals surface area contributed by atoms with Gasteiger partial charge in [0.2, 0.25) is 0 Å². The molecule has 0 radical (unpaired) electrons. The summed E-state index contributed by atoms with van der Waals surface area (Å²) in [6.07, 6.45) is -4.56. The maximum Gasteiger partial charge on any atom is 0.410 e. The zero-order chi connectivity index (χ0) is 15.7. The van der Waals surface area contributed by atoms with Crippen LogP contribution in [0, 0.1) is 0 Å². The largest absolute Gasteiger partial charge is 0.410 e. The summed E-state index contributed by atoms with van der Waals surface area (Å²) in [4.78, 5) is 11.8. The topological polar surface area (TPSA) is 55.1 Å². The summed E-state index contributed by atoms with van der Waals surface area (Å²) in [7, 11) is 0. The van der Waals surface area contributed by atoms with Gasteiger partial charge in [0.1, 0.15) is 5.54 Å². The lowest BCUT2D eigenvalue weighted by Gasteiger charge is -2.28. The van der Waals surface area contributed by atoms with Crippen molar-refractivity contribution in [3.05, 3.63) is 42.1 Å². The summed E-state index contributed by atoms with van der Waals surface area (Å²) >= 11 is 0. The fourth-order valence-electron chi connectivity index (χ4n) is 1.54. The maximum atomic E-state index is 12.7. The number of carbonyl (C=O) groups excluding carboxylic acids is 1. The molecule has 1 aromatic carbocycles. The first-order valence-corrected chi connectivity index (χ1v) is 6.12. The molecule has 2 aromatic rings. The van der Waals surface area contributed by atoms with E-state index in [0.717, 1.165) is 13.8 Å². The van der Waals surface area contributed by atoms with Gasteiger partial charge in [0, 0.05) is 11.6 Å². The fourth-order valence-corrected chi connectivity index (χ4v) is 1.54. The van der Waals surface area contributed by atoms with E-state index in [1.807, 2.05) is 5.32 Å². The van der Waals surface area contributed by atoms with Crippen LogP contribution in [0.3, 0.4) is 0 Å². The van der Waals surface area contributed by atoms with Gasteiger partial charge in [-0.15, -0.1) is 0 Å². The van der Waals surface area contributed by atoms with Crippen molar-refractivity contribution in [2.24, 2.45) is 0 Å². The molecule has 0 saturated heterocycles. The molecule has 2 rings (SSSR count). The van der Waals surface area contributed by atoms with Crippen molar-refractivity contribution in [2.75, 3.05) is 0 Å². The Kier molecular flexibility index (Phi) is 3.76. The van der Waals surface area contributed by atoms with Crippen molar-refractivity contribution < 1.29 is 22.5 Å². The van der Waals surface area contributed by atoms with Crippen LogP contribution in [0.5, 0.6) is 0 Å². The molecule has 0 fully saturated rings. The number of aromatic nitrogens is 1. The lowest BCUT2D eigenvalue weighted by molar-refractivity contribution is -0.182. The summed E-state index contributed by atoms with van der Waals surface area (Å²) < 4.78 is 43.1. The Morgan fingerprint density at radius 3 is 2.38 bits per heavy atom. The van der Waals surface area contributed by atoms with Crippen LogP contribution in [0.25, 0.3) is 11.3 Å². The Hall–Kier alpha value is -2.31. The van der Waals surface area contributed by atoms with Crippen LogP contribution < -0.4 is 5.32 Å². The highest BCUT2D eigenvalue weighted by atomic mass is 19.4. The summed E-state index contributed by atoms with van der Waals surface area (Å²) in [5.74, 6) is -0.631. The monoisotopic (exact) mass is 298 g/mol. The standard InChI is InChI=1S/C14H13F3N2O2/c1-13(2,14(15,16)17)18-12(20)10-8-11(21-19-10)9-6-4-3-5-7-9/h3-8H,1-2H3,(H,18,20). The van der Waals surface area contributed by atoms with Gasteiger partial charge in [-0.1, -0.05) is 35.5 Å². The average Bonchev–Trinajstić information content (AvgIpc) is 2.87. The minimum absolute atomic E-state index is 0.203. The molecule has 0 atom stereocenters. The quantitative estimate of drug-likeness (QED) is 0.944. The van der Waals surface area contributed by atoms with Gasteiger partial charge in [0.25, 0.3) is 5.91 Å². The number of rotatable bonds is 3. The summed E-state index contributed by atoms with van der Waals surface area (Å²) in [5.41, 5.74) is -1.87. The Balaban J connectivity index is 2.17. The molecule has 21 heavy (non-hydrogen) atoms. The normalized spacial score (nSPS) is 12.2. The second-order valence-electron chi connectivity index (χ2n) is 5.02. The molecule has 0 unspecified atom stereocenters. The van der Waals surface area contributed by atoms with E-state index < -0.39 is 17.6 Å². The molecule has 0 bridgehead atoms. The van der Waals surface area contributed by atoms with Gasteiger partial charge in [0.15, 0.2) is 11.5 Å². The molecule has 1 aromatic heterocycles. The predicted octanol–water partition coefficient (Wildman–Crippen LogP) is 3.41. The molecule has 4 nitrogen and oxygen atoms in total. The van der Waals surface area contributed by atoms with E-state index in [1.165, 1.54) is 6.07 Å². The highest BCUT2D eigenvalue weighted by Crippen LogP contribution is 2.30. The number of hydrogen-bond acceptors (Lipinski definition) is 3. The lowest BCUT2D eigenvalue weighted by atomic mass is 10.0. The van der Waals surface area contributed by atoms with Crippen molar-refractivity contribution >= 4 is 5.91 Å². The van der Waals surface area contributed by atoms with Crippen LogP contribution in [0.15, 0.2) is 40.9 Å². The van der Waals surface area contributed by atoms with Gasteiger partial charge in [-0.3, -0.25) is 4.79 Å². The SMILES string of the molecule is CC(C)(NC(=O)c1cc(-c2ccccc2)on1)C(F)(F)F. The zero-order valence-electron chi connectivity index (χ0n) is 11.4. The molecule has 112 valence electrons. The molecule has 1 N–H and O–H groups in total. The van der Waals surface area contributed by atoms with Crippen molar-refractivity contribution in [3.63, 3.8) is 0 Å². The first kappa shape index (κ1) is 15.1. The first-order valence-electron chi connectivity index (χ1n) is 6.12. The average molecular weight is 298 g/mol. The summed E-state index contributed by atoms with van der Waals surface area (Å²) in [6.45, 7) is 1.76. The van der Waals surface area contributed by atoms with E-state index >= 15 is 0 Å². The Bertz CT molecular complexity index is 633. The maximum absolute atomic E-state index is 12.7. The smallest absolute Gasteiger partial charge is 0.355 e. The minimum Gasteiger partial charge on any atom is -0.355 e. The van der Waals surface area contributed by atoms with Gasteiger partial charge in [-0.05, 0) is 13.8 Å². The molecular formula is C14H13F3N2O2.